The maximum Gasteiger partial charge on any atom is 0.258 e. The molecule has 0 amide bonds. The largest absolute Gasteiger partial charge is 0.326 e. The van der Waals surface area contributed by atoms with Crippen molar-refractivity contribution in [2.75, 3.05) is 13.1 Å². The van der Waals surface area contributed by atoms with Crippen molar-refractivity contribution in [3.05, 3.63) is 76.3 Å². The van der Waals surface area contributed by atoms with E-state index in [4.69, 9.17) is 4.98 Å². The lowest BCUT2D eigenvalue weighted by Gasteiger charge is -2.32. The molecule has 0 aliphatic carbocycles. The Balaban J connectivity index is 1.43. The Hall–Kier alpha value is -2.46. The number of nitrogens with zero attached hydrogens (tertiary/aromatic N) is 1. The van der Waals surface area contributed by atoms with Crippen LogP contribution in [0.2, 0.25) is 0 Å². The summed E-state index contributed by atoms with van der Waals surface area (Å²) in [5.41, 5.74) is 2.20. The molecule has 1 aliphatic heterocycles. The summed E-state index contributed by atoms with van der Waals surface area (Å²) in [5, 5.41) is 0.667. The number of fused-ring (bicyclic) bond motifs is 1. The van der Waals surface area contributed by atoms with E-state index in [1.807, 2.05) is 24.3 Å². The summed E-state index contributed by atoms with van der Waals surface area (Å²) < 4.78 is 0. The van der Waals surface area contributed by atoms with Crippen molar-refractivity contribution in [1.82, 2.24) is 9.97 Å². The number of hydrogen-bond donors (Lipinski definition) is 2. The molecule has 1 fully saturated rings. The Bertz CT molecular complexity index is 927. The van der Waals surface area contributed by atoms with Crippen molar-refractivity contribution in [3.8, 4) is 0 Å². The second-order valence-corrected chi connectivity index (χ2v) is 7.48. The second-order valence-electron chi connectivity index (χ2n) is 7.48. The summed E-state index contributed by atoms with van der Waals surface area (Å²) in [6.45, 7) is 4.45. The van der Waals surface area contributed by atoms with Crippen LogP contribution >= 0.6 is 0 Å². The van der Waals surface area contributed by atoms with Gasteiger partial charge in [0.1, 0.15) is 6.04 Å². The molecule has 0 spiro atoms. The summed E-state index contributed by atoms with van der Waals surface area (Å²) in [5.74, 6) is 1.57. The summed E-state index contributed by atoms with van der Waals surface area (Å²) in [7, 11) is 0. The maximum atomic E-state index is 12.3. The third kappa shape index (κ3) is 3.56. The fraction of sp³-hybridized carbons (Fsp3) is 0.364. The van der Waals surface area contributed by atoms with Crippen molar-refractivity contribution in [3.63, 3.8) is 0 Å². The van der Waals surface area contributed by atoms with Crippen LogP contribution < -0.4 is 10.5 Å². The van der Waals surface area contributed by atoms with Gasteiger partial charge in [-0.15, -0.1) is 0 Å². The molecule has 4 nitrogen and oxygen atoms in total. The van der Waals surface area contributed by atoms with E-state index in [1.165, 1.54) is 29.7 Å². The normalized spacial score (nSPS) is 21.6. The van der Waals surface area contributed by atoms with Crippen LogP contribution in [-0.4, -0.2) is 23.1 Å². The third-order valence-electron chi connectivity index (χ3n) is 5.77. The van der Waals surface area contributed by atoms with Gasteiger partial charge in [0.15, 0.2) is 5.82 Å². The van der Waals surface area contributed by atoms with Gasteiger partial charge in [0, 0.05) is 0 Å². The van der Waals surface area contributed by atoms with Crippen LogP contribution in [0.5, 0.6) is 0 Å². The first-order valence-electron chi connectivity index (χ1n) is 9.58. The molecule has 2 heterocycles. The van der Waals surface area contributed by atoms with E-state index in [1.54, 1.807) is 0 Å². The van der Waals surface area contributed by atoms with Gasteiger partial charge in [-0.2, -0.15) is 0 Å². The first-order chi connectivity index (χ1) is 12.7. The van der Waals surface area contributed by atoms with Gasteiger partial charge < -0.3 is 9.88 Å². The first-order valence-corrected chi connectivity index (χ1v) is 9.58. The Morgan fingerprint density at radius 2 is 1.77 bits per heavy atom. The number of hydrogen-bond acceptors (Lipinski definition) is 2. The Morgan fingerprint density at radius 3 is 2.54 bits per heavy atom. The van der Waals surface area contributed by atoms with Crippen molar-refractivity contribution < 1.29 is 4.90 Å². The molecule has 1 saturated heterocycles. The molecule has 1 aromatic heterocycles. The Morgan fingerprint density at radius 1 is 1.08 bits per heavy atom. The van der Waals surface area contributed by atoms with Crippen LogP contribution in [-0.2, 0) is 6.42 Å². The smallest absolute Gasteiger partial charge is 0.258 e. The molecule has 2 N–H and O–H groups in total. The van der Waals surface area contributed by atoms with Crippen molar-refractivity contribution in [1.29, 1.82) is 0 Å². The van der Waals surface area contributed by atoms with Gasteiger partial charge in [-0.05, 0) is 49.8 Å². The minimum absolute atomic E-state index is 0.0317. The van der Waals surface area contributed by atoms with Crippen molar-refractivity contribution in [2.45, 2.75) is 32.2 Å². The third-order valence-corrected chi connectivity index (χ3v) is 5.77. The topological polar surface area (TPSA) is 50.2 Å². The van der Waals surface area contributed by atoms with E-state index in [2.05, 4.69) is 42.2 Å². The second kappa shape index (κ2) is 7.42. The number of aromatic amines is 1. The molecule has 26 heavy (non-hydrogen) atoms. The zero-order valence-electron chi connectivity index (χ0n) is 15.2. The fourth-order valence-electron chi connectivity index (χ4n) is 4.14. The average molecular weight is 348 g/mol. The lowest BCUT2D eigenvalue weighted by Crippen LogP contribution is -3.13. The number of aromatic nitrogens is 2. The number of likely N-dealkylation sites (tertiary alicyclic amines) is 1. The molecule has 0 unspecified atom stereocenters. The molecule has 1 atom stereocenters. The summed E-state index contributed by atoms with van der Waals surface area (Å²) in [4.78, 5) is 21.6. The summed E-state index contributed by atoms with van der Waals surface area (Å²) in [6, 6.07) is 18.6. The van der Waals surface area contributed by atoms with Gasteiger partial charge in [-0.1, -0.05) is 42.5 Å². The van der Waals surface area contributed by atoms with Crippen LogP contribution in [0.4, 0.5) is 0 Å². The SMILES string of the molecule is C[C@H](c1nc2ccccc2c(=O)[nH]1)[NH+]1CCC(Cc2ccccc2)CC1. The highest BCUT2D eigenvalue weighted by Gasteiger charge is 2.28. The highest BCUT2D eigenvalue weighted by atomic mass is 16.1. The standard InChI is InChI=1S/C22H25N3O/c1-16(21-23-20-10-6-5-9-19(20)22(26)24-21)25-13-11-18(12-14-25)15-17-7-3-2-4-8-17/h2-10,16,18H,11-15H2,1H3,(H,23,24,26)/p+1/t16-/m1/s1. The molecule has 0 bridgehead atoms. The zero-order valence-corrected chi connectivity index (χ0v) is 15.2. The fourth-order valence-corrected chi connectivity index (χ4v) is 4.14. The molecular formula is C22H26N3O+. The summed E-state index contributed by atoms with van der Waals surface area (Å²) >= 11 is 0. The van der Waals surface area contributed by atoms with Crippen LogP contribution in [0.3, 0.4) is 0 Å². The first kappa shape index (κ1) is 17.0. The molecule has 4 heteroatoms. The minimum atomic E-state index is -0.0317. The predicted molar refractivity (Wildman–Crippen MR) is 104 cm³/mol. The average Bonchev–Trinajstić information content (AvgIpc) is 2.69. The molecule has 0 radical (unpaired) electrons. The number of rotatable bonds is 4. The van der Waals surface area contributed by atoms with Gasteiger partial charge in [0.2, 0.25) is 0 Å². The van der Waals surface area contributed by atoms with Gasteiger partial charge in [-0.3, -0.25) is 4.79 Å². The monoisotopic (exact) mass is 348 g/mol. The Kier molecular flexibility index (Phi) is 4.85. The maximum absolute atomic E-state index is 12.3. The number of quaternary nitrogens is 1. The van der Waals surface area contributed by atoms with Crippen LogP contribution in [0.25, 0.3) is 10.9 Å². The van der Waals surface area contributed by atoms with E-state index >= 15 is 0 Å². The number of benzene rings is 2. The summed E-state index contributed by atoms with van der Waals surface area (Å²) in [6.07, 6.45) is 3.63. The minimum Gasteiger partial charge on any atom is -0.326 e. The Labute approximate surface area is 153 Å². The number of piperidine rings is 1. The van der Waals surface area contributed by atoms with Crippen molar-refractivity contribution in [2.24, 2.45) is 5.92 Å². The van der Waals surface area contributed by atoms with Gasteiger partial charge in [0.05, 0.1) is 24.0 Å². The van der Waals surface area contributed by atoms with Gasteiger partial charge in [-0.25, -0.2) is 4.98 Å². The van der Waals surface area contributed by atoms with Gasteiger partial charge in [0.25, 0.3) is 5.56 Å². The molecular weight excluding hydrogens is 322 g/mol. The number of nitrogens with one attached hydrogen (secondary N) is 2. The molecule has 4 rings (SSSR count). The van der Waals surface area contributed by atoms with Gasteiger partial charge >= 0.3 is 0 Å². The predicted octanol–water partition coefficient (Wildman–Crippen LogP) is 2.52. The molecule has 0 saturated carbocycles. The number of para-hydroxylation sites is 1. The van der Waals surface area contributed by atoms with Crippen molar-refractivity contribution >= 4 is 10.9 Å². The van der Waals surface area contributed by atoms with E-state index < -0.39 is 0 Å². The van der Waals surface area contributed by atoms with E-state index in [0.717, 1.165) is 30.3 Å². The van der Waals surface area contributed by atoms with E-state index in [0.29, 0.717) is 5.39 Å². The molecule has 1 aliphatic rings. The van der Waals surface area contributed by atoms with E-state index in [9.17, 15) is 4.79 Å². The molecule has 3 aromatic rings. The lowest BCUT2D eigenvalue weighted by molar-refractivity contribution is -0.936. The van der Waals surface area contributed by atoms with Crippen LogP contribution in [0, 0.1) is 5.92 Å². The highest BCUT2D eigenvalue weighted by molar-refractivity contribution is 5.77. The number of H-pyrrole nitrogens is 1. The highest BCUT2D eigenvalue weighted by Crippen LogP contribution is 2.18. The van der Waals surface area contributed by atoms with Crippen LogP contribution in [0.1, 0.15) is 37.2 Å². The lowest BCUT2D eigenvalue weighted by atomic mass is 9.89. The molecule has 134 valence electrons. The zero-order chi connectivity index (χ0) is 17.9. The quantitative estimate of drug-likeness (QED) is 0.761. The van der Waals surface area contributed by atoms with E-state index in [-0.39, 0.29) is 11.6 Å². The van der Waals surface area contributed by atoms with Crippen LogP contribution in [0.15, 0.2) is 59.4 Å². The molecule has 2 aromatic carbocycles.